The Balaban J connectivity index is 4.57. The predicted molar refractivity (Wildman–Crippen MR) is 38.2 cm³/mol. The van der Waals surface area contributed by atoms with E-state index in [0.717, 1.165) is 14.2 Å². The van der Waals surface area contributed by atoms with Crippen LogP contribution in [0.4, 0.5) is 13.2 Å². The molecule has 0 fully saturated rings. The van der Waals surface area contributed by atoms with Gasteiger partial charge in [-0.05, 0) is 0 Å². The minimum absolute atomic E-state index is 0.897. The molecule has 0 rings (SSSR count). The van der Waals surface area contributed by atoms with Crippen molar-refractivity contribution in [1.82, 2.24) is 0 Å². The molecule has 0 spiro atoms. The summed E-state index contributed by atoms with van der Waals surface area (Å²) < 4.78 is 43.7. The second-order valence-electron chi connectivity index (χ2n) is 2.42. The number of alkyl halides is 3. The molecule has 0 saturated carbocycles. The molecule has 0 unspecified atom stereocenters. The number of methoxy groups -OCH3 is 2. The van der Waals surface area contributed by atoms with Gasteiger partial charge in [-0.3, -0.25) is 9.59 Å². The maximum Gasteiger partial charge on any atom is 0.390 e. The topological polar surface area (TPSA) is 52.6 Å². The molecule has 7 heteroatoms. The van der Waals surface area contributed by atoms with Gasteiger partial charge in [-0.2, -0.15) is 13.2 Å². The zero-order chi connectivity index (χ0) is 11.4. The van der Waals surface area contributed by atoms with Crippen molar-refractivity contribution in [2.24, 2.45) is 5.92 Å². The number of carbonyl (C=O) groups is 2. The Bertz CT molecular complexity index is 207. The Kier molecular flexibility index (Phi) is 4.39. The first kappa shape index (κ1) is 12.7. The average molecular weight is 214 g/mol. The van der Waals surface area contributed by atoms with Gasteiger partial charge >= 0.3 is 18.1 Å². The Morgan fingerprint density at radius 3 is 1.71 bits per heavy atom. The predicted octanol–water partition coefficient (Wildman–Crippen LogP) is 0.901. The van der Waals surface area contributed by atoms with E-state index in [1.807, 2.05) is 0 Å². The van der Waals surface area contributed by atoms with Crippen molar-refractivity contribution in [2.45, 2.75) is 12.6 Å². The number of halogens is 3. The highest BCUT2D eigenvalue weighted by Crippen LogP contribution is 2.26. The molecule has 0 amide bonds. The van der Waals surface area contributed by atoms with E-state index in [1.165, 1.54) is 0 Å². The molecule has 4 nitrogen and oxygen atoms in total. The third kappa shape index (κ3) is 4.11. The summed E-state index contributed by atoms with van der Waals surface area (Å²) in [5.41, 5.74) is 0. The van der Waals surface area contributed by atoms with Gasteiger partial charge in [0.25, 0.3) is 0 Å². The van der Waals surface area contributed by atoms with E-state index < -0.39 is 30.5 Å². The number of hydrogen-bond donors (Lipinski definition) is 0. The highest BCUT2D eigenvalue weighted by Gasteiger charge is 2.40. The van der Waals surface area contributed by atoms with E-state index in [4.69, 9.17) is 0 Å². The van der Waals surface area contributed by atoms with Crippen molar-refractivity contribution < 1.29 is 32.2 Å². The molecule has 0 bridgehead atoms. The Morgan fingerprint density at radius 1 is 1.14 bits per heavy atom. The maximum atomic E-state index is 11.9. The molecular weight excluding hydrogens is 205 g/mol. The van der Waals surface area contributed by atoms with Crippen LogP contribution in [0.2, 0.25) is 0 Å². The lowest BCUT2D eigenvalue weighted by Gasteiger charge is -2.13. The largest absolute Gasteiger partial charge is 0.468 e. The van der Waals surface area contributed by atoms with Crippen LogP contribution >= 0.6 is 0 Å². The van der Waals surface area contributed by atoms with Gasteiger partial charge in [-0.15, -0.1) is 0 Å². The fourth-order valence-electron chi connectivity index (χ4n) is 0.779. The highest BCUT2D eigenvalue weighted by molar-refractivity contribution is 5.94. The van der Waals surface area contributed by atoms with Crippen LogP contribution in [-0.4, -0.2) is 32.3 Å². The monoisotopic (exact) mass is 214 g/mol. The van der Waals surface area contributed by atoms with Crippen molar-refractivity contribution in [3.63, 3.8) is 0 Å². The summed E-state index contributed by atoms with van der Waals surface area (Å²) in [6.07, 6.45) is -6.20. The first-order valence-corrected chi connectivity index (χ1v) is 3.54. The fourth-order valence-corrected chi connectivity index (χ4v) is 0.779. The van der Waals surface area contributed by atoms with Gasteiger partial charge in [-0.25, -0.2) is 0 Å². The van der Waals surface area contributed by atoms with Crippen LogP contribution in [0.1, 0.15) is 6.42 Å². The quantitative estimate of drug-likeness (QED) is 0.517. The van der Waals surface area contributed by atoms with Crippen LogP contribution in [0, 0.1) is 5.92 Å². The lowest BCUT2D eigenvalue weighted by molar-refractivity contribution is -0.177. The summed E-state index contributed by atoms with van der Waals surface area (Å²) >= 11 is 0. The summed E-state index contributed by atoms with van der Waals surface area (Å²) in [5, 5.41) is 0. The second-order valence-corrected chi connectivity index (χ2v) is 2.42. The van der Waals surface area contributed by atoms with Crippen LogP contribution in [0.15, 0.2) is 0 Å². The summed E-state index contributed by atoms with van der Waals surface area (Å²) in [7, 11) is 1.79. The van der Waals surface area contributed by atoms with Gasteiger partial charge in [0.15, 0.2) is 5.92 Å². The van der Waals surface area contributed by atoms with Crippen LogP contribution in [-0.2, 0) is 19.1 Å². The van der Waals surface area contributed by atoms with Crippen LogP contribution in [0.3, 0.4) is 0 Å². The van der Waals surface area contributed by atoms with Gasteiger partial charge in [0.2, 0.25) is 0 Å². The Labute approximate surface area is 78.0 Å². The first-order chi connectivity index (χ1) is 6.31. The van der Waals surface area contributed by atoms with E-state index in [2.05, 4.69) is 9.47 Å². The molecule has 0 radical (unpaired) electrons. The summed E-state index contributed by atoms with van der Waals surface area (Å²) in [4.78, 5) is 21.5. The standard InChI is InChI=1S/C7H9F3O4/c1-13-5(11)4(6(12)14-2)3-7(8,9)10/h4H,3H2,1-2H3. The van der Waals surface area contributed by atoms with Gasteiger partial charge in [0.05, 0.1) is 20.6 Å². The highest BCUT2D eigenvalue weighted by atomic mass is 19.4. The number of esters is 2. The summed E-state index contributed by atoms with van der Waals surface area (Å²) in [5.74, 6) is -4.45. The minimum atomic E-state index is -4.62. The van der Waals surface area contributed by atoms with Crippen LogP contribution in [0.5, 0.6) is 0 Å². The van der Waals surface area contributed by atoms with Crippen molar-refractivity contribution in [1.29, 1.82) is 0 Å². The zero-order valence-electron chi connectivity index (χ0n) is 7.55. The van der Waals surface area contributed by atoms with E-state index in [0.29, 0.717) is 0 Å². The number of hydrogen-bond acceptors (Lipinski definition) is 4. The van der Waals surface area contributed by atoms with E-state index in [9.17, 15) is 22.8 Å². The number of carbonyl (C=O) groups excluding carboxylic acids is 2. The normalized spacial score (nSPS) is 11.3. The first-order valence-electron chi connectivity index (χ1n) is 3.54. The van der Waals surface area contributed by atoms with E-state index in [-0.39, 0.29) is 0 Å². The summed E-state index contributed by atoms with van der Waals surface area (Å²) in [6, 6.07) is 0. The molecule has 0 N–H and O–H groups in total. The van der Waals surface area contributed by atoms with Crippen molar-refractivity contribution in [3.8, 4) is 0 Å². The van der Waals surface area contributed by atoms with Crippen molar-refractivity contribution in [3.05, 3.63) is 0 Å². The zero-order valence-corrected chi connectivity index (χ0v) is 7.55. The average Bonchev–Trinajstić information content (AvgIpc) is 2.10. The lowest BCUT2D eigenvalue weighted by Crippen LogP contribution is -2.31. The Morgan fingerprint density at radius 2 is 1.50 bits per heavy atom. The molecule has 0 aliphatic carbocycles. The maximum absolute atomic E-state index is 11.9. The fraction of sp³-hybridized carbons (Fsp3) is 0.714. The third-order valence-corrected chi connectivity index (χ3v) is 1.41. The van der Waals surface area contributed by atoms with Crippen molar-refractivity contribution >= 4 is 11.9 Å². The second kappa shape index (κ2) is 4.83. The van der Waals surface area contributed by atoms with Gasteiger partial charge < -0.3 is 9.47 Å². The van der Waals surface area contributed by atoms with Crippen molar-refractivity contribution in [2.75, 3.05) is 14.2 Å². The number of rotatable bonds is 3. The van der Waals surface area contributed by atoms with Crippen LogP contribution < -0.4 is 0 Å². The molecule has 0 aromatic carbocycles. The molecule has 0 aliphatic heterocycles. The molecule has 14 heavy (non-hydrogen) atoms. The van der Waals surface area contributed by atoms with E-state index >= 15 is 0 Å². The molecule has 0 saturated heterocycles. The molecule has 0 aromatic rings. The molecule has 0 heterocycles. The molecule has 0 aliphatic rings. The Hall–Kier alpha value is -1.27. The number of ether oxygens (including phenoxy) is 2. The molecule has 82 valence electrons. The van der Waals surface area contributed by atoms with Crippen LogP contribution in [0.25, 0.3) is 0 Å². The van der Waals surface area contributed by atoms with E-state index in [1.54, 1.807) is 0 Å². The molecule has 0 atom stereocenters. The molecule has 0 aromatic heterocycles. The van der Waals surface area contributed by atoms with Gasteiger partial charge in [0.1, 0.15) is 0 Å². The van der Waals surface area contributed by atoms with Gasteiger partial charge in [-0.1, -0.05) is 0 Å². The minimum Gasteiger partial charge on any atom is -0.468 e. The van der Waals surface area contributed by atoms with Gasteiger partial charge in [0, 0.05) is 0 Å². The third-order valence-electron chi connectivity index (χ3n) is 1.41. The smallest absolute Gasteiger partial charge is 0.390 e. The SMILES string of the molecule is COC(=O)C(CC(F)(F)F)C(=O)OC. The molecular formula is C7H9F3O4. The lowest BCUT2D eigenvalue weighted by atomic mass is 10.1. The summed E-state index contributed by atoms with van der Waals surface area (Å²) in [6.45, 7) is 0.